The summed E-state index contributed by atoms with van der Waals surface area (Å²) in [5.74, 6) is -0.200. The first-order chi connectivity index (χ1) is 5.20. The van der Waals surface area contributed by atoms with Crippen LogP contribution in [0.25, 0.3) is 0 Å². The van der Waals surface area contributed by atoms with Gasteiger partial charge in [-0.1, -0.05) is 6.58 Å². The van der Waals surface area contributed by atoms with Gasteiger partial charge in [0.1, 0.15) is 0 Å². The second-order valence-electron chi connectivity index (χ2n) is 3.79. The van der Waals surface area contributed by atoms with Gasteiger partial charge >= 0.3 is 0 Å². The normalized spacial score (nSPS) is 12.4. The molecule has 0 radical (unpaired) electrons. The van der Waals surface area contributed by atoms with Crippen LogP contribution in [0.5, 0.6) is 0 Å². The van der Waals surface area contributed by atoms with Crippen molar-refractivity contribution in [2.45, 2.75) is 38.1 Å². The summed E-state index contributed by atoms with van der Waals surface area (Å²) in [6.07, 6.45) is 1.24. The van der Waals surface area contributed by atoms with E-state index < -0.39 is 10.4 Å². The van der Waals surface area contributed by atoms with E-state index in [9.17, 15) is 4.79 Å². The highest BCUT2D eigenvalue weighted by Gasteiger charge is 2.35. The molecule has 0 aliphatic carbocycles. The van der Waals surface area contributed by atoms with Crippen LogP contribution in [-0.4, -0.2) is 16.3 Å². The number of hydrogen-bond acceptors (Lipinski definition) is 1. The molecule has 70 valence electrons. The van der Waals surface area contributed by atoms with Crippen LogP contribution in [0.2, 0.25) is 0 Å². The standard InChI is InChI=1S/C9H16ClNO/c1-6-7(12)11-9(4,5)8(2,3)10/h6H,1H2,2-5H3,(H,11,12). The van der Waals surface area contributed by atoms with Crippen LogP contribution in [-0.2, 0) is 4.79 Å². The van der Waals surface area contributed by atoms with E-state index in [2.05, 4.69) is 11.9 Å². The van der Waals surface area contributed by atoms with Crippen molar-refractivity contribution in [3.05, 3.63) is 12.7 Å². The van der Waals surface area contributed by atoms with E-state index >= 15 is 0 Å². The summed E-state index contributed by atoms with van der Waals surface area (Å²) >= 11 is 6.08. The average Bonchev–Trinajstić information content (AvgIpc) is 1.84. The van der Waals surface area contributed by atoms with E-state index in [1.165, 1.54) is 6.08 Å². The van der Waals surface area contributed by atoms with Crippen LogP contribution < -0.4 is 5.32 Å². The monoisotopic (exact) mass is 189 g/mol. The van der Waals surface area contributed by atoms with Crippen LogP contribution >= 0.6 is 11.6 Å². The second-order valence-corrected chi connectivity index (χ2v) is 4.74. The van der Waals surface area contributed by atoms with E-state index in [-0.39, 0.29) is 5.91 Å². The first-order valence-electron chi connectivity index (χ1n) is 3.84. The molecule has 3 heteroatoms. The third-order valence-electron chi connectivity index (χ3n) is 2.11. The van der Waals surface area contributed by atoms with E-state index in [1.54, 1.807) is 0 Å². The average molecular weight is 190 g/mol. The Balaban J connectivity index is 4.43. The molecule has 0 aromatic heterocycles. The summed E-state index contributed by atoms with van der Waals surface area (Å²) in [5.41, 5.74) is -0.445. The number of hydrogen-bond donors (Lipinski definition) is 1. The van der Waals surface area contributed by atoms with Crippen molar-refractivity contribution in [2.75, 3.05) is 0 Å². The van der Waals surface area contributed by atoms with Gasteiger partial charge in [0.05, 0.1) is 10.4 Å². The maximum atomic E-state index is 11.0. The number of nitrogens with one attached hydrogen (secondary N) is 1. The molecule has 0 unspecified atom stereocenters. The Labute approximate surface area is 79.0 Å². The first kappa shape index (κ1) is 11.5. The molecular weight excluding hydrogens is 174 g/mol. The number of amides is 1. The lowest BCUT2D eigenvalue weighted by Gasteiger charge is -2.37. The van der Waals surface area contributed by atoms with Crippen LogP contribution in [0, 0.1) is 0 Å². The van der Waals surface area contributed by atoms with Gasteiger partial charge in [-0.05, 0) is 33.8 Å². The molecule has 1 N–H and O–H groups in total. The van der Waals surface area contributed by atoms with Crippen molar-refractivity contribution in [2.24, 2.45) is 0 Å². The van der Waals surface area contributed by atoms with Crippen LogP contribution in [0.1, 0.15) is 27.7 Å². The fraction of sp³-hybridized carbons (Fsp3) is 0.667. The second kappa shape index (κ2) is 3.48. The van der Waals surface area contributed by atoms with Crippen LogP contribution in [0.3, 0.4) is 0 Å². The number of halogens is 1. The SMILES string of the molecule is C=CC(=O)NC(C)(C)C(C)(C)Cl. The van der Waals surface area contributed by atoms with Gasteiger partial charge in [-0.2, -0.15) is 0 Å². The fourth-order valence-corrected chi connectivity index (χ4v) is 0.555. The van der Waals surface area contributed by atoms with Gasteiger partial charge in [0.2, 0.25) is 5.91 Å². The van der Waals surface area contributed by atoms with E-state index in [1.807, 2.05) is 27.7 Å². The maximum Gasteiger partial charge on any atom is 0.243 e. The molecule has 0 saturated heterocycles. The molecule has 0 rings (SSSR count). The number of carbonyl (C=O) groups excluding carboxylic acids is 1. The van der Waals surface area contributed by atoms with Gasteiger partial charge in [-0.15, -0.1) is 11.6 Å². The quantitative estimate of drug-likeness (QED) is 0.535. The Hall–Kier alpha value is -0.500. The van der Waals surface area contributed by atoms with Crippen LogP contribution in [0.4, 0.5) is 0 Å². The highest BCUT2D eigenvalue weighted by Crippen LogP contribution is 2.27. The molecule has 0 bridgehead atoms. The van der Waals surface area contributed by atoms with Crippen molar-refractivity contribution < 1.29 is 4.79 Å². The molecule has 0 spiro atoms. The Bertz CT molecular complexity index is 191. The molecule has 12 heavy (non-hydrogen) atoms. The molecule has 1 amide bonds. The topological polar surface area (TPSA) is 29.1 Å². The summed E-state index contributed by atoms with van der Waals surface area (Å²) in [5, 5.41) is 2.76. The van der Waals surface area contributed by atoms with Crippen molar-refractivity contribution in [3.8, 4) is 0 Å². The highest BCUT2D eigenvalue weighted by molar-refractivity contribution is 6.24. The van der Waals surface area contributed by atoms with Gasteiger partial charge in [-0.25, -0.2) is 0 Å². The molecular formula is C9H16ClNO. The largest absolute Gasteiger partial charge is 0.346 e. The van der Waals surface area contributed by atoms with Crippen molar-refractivity contribution in [3.63, 3.8) is 0 Å². The Morgan fingerprint density at radius 2 is 1.83 bits per heavy atom. The first-order valence-corrected chi connectivity index (χ1v) is 4.22. The van der Waals surface area contributed by atoms with Gasteiger partial charge < -0.3 is 5.32 Å². The molecule has 0 aliphatic rings. The minimum atomic E-state index is -0.480. The molecule has 0 aliphatic heterocycles. The number of rotatable bonds is 3. The summed E-state index contributed by atoms with van der Waals surface area (Å²) in [6.45, 7) is 10.8. The Morgan fingerprint density at radius 1 is 1.42 bits per heavy atom. The molecule has 0 aromatic carbocycles. The lowest BCUT2D eigenvalue weighted by atomic mass is 9.90. The fourth-order valence-electron chi connectivity index (χ4n) is 0.508. The Kier molecular flexibility index (Phi) is 3.34. The Morgan fingerprint density at radius 3 is 2.08 bits per heavy atom. The molecule has 0 saturated carbocycles. The molecule has 0 fully saturated rings. The highest BCUT2D eigenvalue weighted by atomic mass is 35.5. The van der Waals surface area contributed by atoms with Crippen molar-refractivity contribution in [1.29, 1.82) is 0 Å². The number of alkyl halides is 1. The van der Waals surface area contributed by atoms with Gasteiger partial charge in [0, 0.05) is 0 Å². The third-order valence-corrected chi connectivity index (χ3v) is 2.58. The molecule has 0 aromatic rings. The zero-order valence-electron chi connectivity index (χ0n) is 8.07. The zero-order valence-corrected chi connectivity index (χ0v) is 8.83. The third kappa shape index (κ3) is 2.86. The summed E-state index contributed by atoms with van der Waals surface area (Å²) < 4.78 is 0. The predicted molar refractivity (Wildman–Crippen MR) is 52.4 cm³/mol. The summed E-state index contributed by atoms with van der Waals surface area (Å²) in [6, 6.07) is 0. The smallest absolute Gasteiger partial charge is 0.243 e. The van der Waals surface area contributed by atoms with E-state index in [4.69, 9.17) is 11.6 Å². The van der Waals surface area contributed by atoms with Crippen molar-refractivity contribution >= 4 is 17.5 Å². The van der Waals surface area contributed by atoms with Gasteiger partial charge in [0.15, 0.2) is 0 Å². The van der Waals surface area contributed by atoms with E-state index in [0.717, 1.165) is 0 Å². The van der Waals surface area contributed by atoms with Crippen LogP contribution in [0.15, 0.2) is 12.7 Å². The van der Waals surface area contributed by atoms with Gasteiger partial charge in [0.25, 0.3) is 0 Å². The minimum Gasteiger partial charge on any atom is -0.346 e. The molecule has 0 heterocycles. The van der Waals surface area contributed by atoms with E-state index in [0.29, 0.717) is 0 Å². The molecule has 2 nitrogen and oxygen atoms in total. The predicted octanol–water partition coefficient (Wildman–Crippen LogP) is 2.08. The van der Waals surface area contributed by atoms with Gasteiger partial charge in [-0.3, -0.25) is 4.79 Å². The summed E-state index contributed by atoms with van der Waals surface area (Å²) in [4.78, 5) is 10.5. The lowest BCUT2D eigenvalue weighted by Crippen LogP contribution is -2.54. The lowest BCUT2D eigenvalue weighted by molar-refractivity contribution is -0.118. The van der Waals surface area contributed by atoms with Crippen molar-refractivity contribution in [1.82, 2.24) is 5.32 Å². The summed E-state index contributed by atoms with van der Waals surface area (Å²) in [7, 11) is 0. The minimum absolute atomic E-state index is 0.200. The maximum absolute atomic E-state index is 11.0. The molecule has 0 atom stereocenters. The number of carbonyl (C=O) groups is 1. The zero-order chi connectivity index (χ0) is 9.99.